The monoisotopic (exact) mass is 442 g/mol. The summed E-state index contributed by atoms with van der Waals surface area (Å²) in [7, 11) is 0. The Kier molecular flexibility index (Phi) is 4.61. The van der Waals surface area contributed by atoms with E-state index in [0.717, 1.165) is 16.8 Å². The number of hydrogen-bond donors (Lipinski definition) is 1. The van der Waals surface area contributed by atoms with E-state index in [2.05, 4.69) is 5.10 Å². The summed E-state index contributed by atoms with van der Waals surface area (Å²) in [6, 6.07) is 10.4. The van der Waals surface area contributed by atoms with Gasteiger partial charge < -0.3 is 5.11 Å². The van der Waals surface area contributed by atoms with Crippen molar-refractivity contribution in [2.24, 2.45) is 0 Å². The molecule has 30 heavy (non-hydrogen) atoms. The van der Waals surface area contributed by atoms with E-state index < -0.39 is 52.8 Å². The van der Waals surface area contributed by atoms with Crippen molar-refractivity contribution in [2.75, 3.05) is 0 Å². The summed E-state index contributed by atoms with van der Waals surface area (Å²) in [5.41, 5.74) is -3.24. The van der Waals surface area contributed by atoms with Crippen molar-refractivity contribution in [3.8, 4) is 5.69 Å². The maximum absolute atomic E-state index is 15.1. The lowest BCUT2D eigenvalue weighted by molar-refractivity contribution is -0.142. The molecule has 0 saturated heterocycles. The lowest BCUT2D eigenvalue weighted by Gasteiger charge is -2.23. The number of aromatic carboxylic acids is 1. The van der Waals surface area contributed by atoms with Crippen LogP contribution in [0, 0.1) is 0 Å². The third kappa shape index (κ3) is 3.23. The Morgan fingerprint density at radius 3 is 2.37 bits per heavy atom. The maximum atomic E-state index is 15.1. The van der Waals surface area contributed by atoms with Crippen molar-refractivity contribution in [2.45, 2.75) is 24.4 Å². The van der Waals surface area contributed by atoms with Crippen LogP contribution in [0.2, 0.25) is 5.02 Å². The predicted octanol–water partition coefficient (Wildman–Crippen LogP) is 5.57. The second-order valence-corrected chi connectivity index (χ2v) is 7.29. The number of benzene rings is 2. The zero-order chi connectivity index (χ0) is 21.8. The van der Waals surface area contributed by atoms with Crippen LogP contribution in [-0.4, -0.2) is 26.8 Å². The van der Waals surface area contributed by atoms with Gasteiger partial charge in [0, 0.05) is 10.6 Å². The second-order valence-electron chi connectivity index (χ2n) is 6.86. The number of halogens is 6. The van der Waals surface area contributed by atoms with Gasteiger partial charge in [-0.2, -0.15) is 18.3 Å². The Labute approximate surface area is 171 Å². The molecule has 4 rings (SSSR count). The van der Waals surface area contributed by atoms with E-state index in [4.69, 9.17) is 11.6 Å². The van der Waals surface area contributed by atoms with Crippen LogP contribution in [0.25, 0.3) is 5.69 Å². The van der Waals surface area contributed by atoms with E-state index in [1.807, 2.05) is 0 Å². The van der Waals surface area contributed by atoms with E-state index in [1.165, 1.54) is 36.4 Å². The molecule has 0 spiro atoms. The molecule has 1 aliphatic carbocycles. The molecule has 2 aromatic carbocycles. The second kappa shape index (κ2) is 6.80. The highest BCUT2D eigenvalue weighted by Gasteiger charge is 2.56. The molecule has 0 radical (unpaired) electrons. The summed E-state index contributed by atoms with van der Waals surface area (Å²) < 4.78 is 72.3. The Morgan fingerprint density at radius 1 is 1.13 bits per heavy atom. The van der Waals surface area contributed by atoms with Gasteiger partial charge in [0.25, 0.3) is 5.92 Å². The predicted molar refractivity (Wildman–Crippen MR) is 97.5 cm³/mol. The summed E-state index contributed by atoms with van der Waals surface area (Å²) in [5.74, 6) is -7.25. The van der Waals surface area contributed by atoms with Gasteiger partial charge >= 0.3 is 12.1 Å². The molecule has 10 heteroatoms. The van der Waals surface area contributed by atoms with Gasteiger partial charge in [-0.15, -0.1) is 0 Å². The first-order chi connectivity index (χ1) is 14.0. The number of carboxylic acid groups (broad SMARTS) is 1. The average Bonchev–Trinajstić information content (AvgIpc) is 3.13. The molecule has 0 aliphatic heterocycles. The summed E-state index contributed by atoms with van der Waals surface area (Å²) in [6.07, 6.45) is -6.04. The highest BCUT2D eigenvalue weighted by Crippen LogP contribution is 2.53. The minimum Gasteiger partial charge on any atom is -0.478 e. The number of hydrogen-bond acceptors (Lipinski definition) is 2. The zero-order valence-electron chi connectivity index (χ0n) is 14.9. The molecule has 0 amide bonds. The largest absolute Gasteiger partial charge is 0.478 e. The summed E-state index contributed by atoms with van der Waals surface area (Å²) in [6.45, 7) is 0. The quantitative estimate of drug-likeness (QED) is 0.540. The maximum Gasteiger partial charge on any atom is 0.435 e. The zero-order valence-corrected chi connectivity index (χ0v) is 15.7. The fourth-order valence-electron chi connectivity index (χ4n) is 3.81. The molecule has 1 heterocycles. The molecule has 156 valence electrons. The van der Waals surface area contributed by atoms with Crippen molar-refractivity contribution in [3.63, 3.8) is 0 Å². The van der Waals surface area contributed by atoms with Crippen LogP contribution >= 0.6 is 11.6 Å². The number of fused-ring (bicyclic) bond motifs is 1. The lowest BCUT2D eigenvalue weighted by Crippen LogP contribution is -2.27. The van der Waals surface area contributed by atoms with E-state index in [9.17, 15) is 23.1 Å². The number of nitrogens with zero attached hydrogens (tertiary/aromatic N) is 2. The van der Waals surface area contributed by atoms with Crippen LogP contribution < -0.4 is 0 Å². The van der Waals surface area contributed by atoms with E-state index in [-0.39, 0.29) is 11.4 Å². The Balaban J connectivity index is 2.01. The molecule has 1 atom stereocenters. The van der Waals surface area contributed by atoms with Crippen molar-refractivity contribution >= 4 is 17.6 Å². The van der Waals surface area contributed by atoms with Gasteiger partial charge in [0.15, 0.2) is 5.69 Å². The van der Waals surface area contributed by atoms with Gasteiger partial charge in [-0.05, 0) is 35.9 Å². The van der Waals surface area contributed by atoms with Crippen LogP contribution in [0.15, 0.2) is 48.5 Å². The number of alkyl halides is 5. The summed E-state index contributed by atoms with van der Waals surface area (Å²) in [5, 5.41) is 13.3. The fraction of sp³-hybridized carbons (Fsp3) is 0.200. The van der Waals surface area contributed by atoms with Gasteiger partial charge in [-0.25, -0.2) is 18.3 Å². The average molecular weight is 443 g/mol. The molecular formula is C20H12ClF5N2O2. The van der Waals surface area contributed by atoms with Gasteiger partial charge in [0.1, 0.15) is 0 Å². The molecular weight excluding hydrogens is 431 g/mol. The molecule has 0 fully saturated rings. The Morgan fingerprint density at radius 2 is 1.77 bits per heavy atom. The minimum atomic E-state index is -5.02. The minimum absolute atomic E-state index is 0.133. The molecule has 1 aromatic heterocycles. The van der Waals surface area contributed by atoms with Crippen molar-refractivity contribution in [3.05, 3.63) is 81.6 Å². The topological polar surface area (TPSA) is 55.1 Å². The van der Waals surface area contributed by atoms with Gasteiger partial charge in [0.2, 0.25) is 0 Å². The fourth-order valence-corrected chi connectivity index (χ4v) is 3.93. The Hall–Kier alpha value is -2.94. The van der Waals surface area contributed by atoms with Crippen LogP contribution in [0.1, 0.15) is 38.8 Å². The molecule has 0 bridgehead atoms. The third-order valence-electron chi connectivity index (χ3n) is 4.98. The van der Waals surface area contributed by atoms with Gasteiger partial charge in [0.05, 0.1) is 29.3 Å². The van der Waals surface area contributed by atoms with Crippen molar-refractivity contribution in [1.29, 1.82) is 0 Å². The summed E-state index contributed by atoms with van der Waals surface area (Å²) in [4.78, 5) is 11.5. The first kappa shape index (κ1) is 20.3. The number of rotatable bonds is 3. The first-order valence-electron chi connectivity index (χ1n) is 8.65. The van der Waals surface area contributed by atoms with Crippen LogP contribution in [0.3, 0.4) is 0 Å². The lowest BCUT2D eigenvalue weighted by atomic mass is 9.87. The molecule has 1 aliphatic rings. The number of aromatic nitrogens is 2. The molecule has 4 nitrogen and oxygen atoms in total. The van der Waals surface area contributed by atoms with E-state index in [0.29, 0.717) is 5.02 Å². The molecule has 1 N–H and O–H groups in total. The highest BCUT2D eigenvalue weighted by atomic mass is 35.5. The van der Waals surface area contributed by atoms with Crippen LogP contribution in [-0.2, 0) is 12.6 Å². The smallest absolute Gasteiger partial charge is 0.435 e. The van der Waals surface area contributed by atoms with Crippen molar-refractivity contribution in [1.82, 2.24) is 9.78 Å². The highest BCUT2D eigenvalue weighted by molar-refractivity contribution is 6.30. The van der Waals surface area contributed by atoms with E-state index >= 15 is 8.78 Å². The Bertz CT molecular complexity index is 1140. The standard InChI is InChI=1S/C20H12ClF5N2O2/c21-10-5-7-11(8-6-10)28-14-9-19(22,23)16(15(14)17(27-28)20(24,25)26)12-3-1-2-4-13(12)18(29)30/h1-8,16H,9H2,(H,29,30)/t16-/m0/s1. The third-order valence-corrected chi connectivity index (χ3v) is 5.23. The summed E-state index contributed by atoms with van der Waals surface area (Å²) >= 11 is 5.80. The van der Waals surface area contributed by atoms with Gasteiger partial charge in [-0.1, -0.05) is 29.8 Å². The number of carbonyl (C=O) groups is 1. The number of carboxylic acids is 1. The van der Waals surface area contributed by atoms with Gasteiger partial charge in [-0.3, -0.25) is 0 Å². The molecule has 0 saturated carbocycles. The van der Waals surface area contributed by atoms with Crippen LogP contribution in [0.5, 0.6) is 0 Å². The van der Waals surface area contributed by atoms with E-state index in [1.54, 1.807) is 0 Å². The van der Waals surface area contributed by atoms with Crippen LogP contribution in [0.4, 0.5) is 22.0 Å². The molecule has 0 unspecified atom stereocenters. The molecule has 3 aromatic rings. The SMILES string of the molecule is O=C(O)c1ccccc1[C@H]1c2c(C(F)(F)F)nn(-c3ccc(Cl)cc3)c2CC1(F)F. The van der Waals surface area contributed by atoms with Crippen molar-refractivity contribution < 1.29 is 31.9 Å². The normalized spacial score (nSPS) is 17.7. The first-order valence-corrected chi connectivity index (χ1v) is 9.03.